The Labute approximate surface area is 121 Å². The topological polar surface area (TPSA) is 17.1 Å². The lowest BCUT2D eigenvalue weighted by Gasteiger charge is -2.09. The van der Waals surface area contributed by atoms with Crippen LogP contribution >= 0.6 is 0 Å². The maximum Gasteiger partial charge on any atom is 0.163 e. The van der Waals surface area contributed by atoms with E-state index in [4.69, 9.17) is 0 Å². The van der Waals surface area contributed by atoms with Gasteiger partial charge in [-0.2, -0.15) is 0 Å². The average molecular weight is 266 g/mol. The fourth-order valence-corrected chi connectivity index (χ4v) is 2.59. The van der Waals surface area contributed by atoms with E-state index in [0.29, 0.717) is 6.42 Å². The lowest BCUT2D eigenvalue weighted by Crippen LogP contribution is -2.04. The van der Waals surface area contributed by atoms with E-state index >= 15 is 0 Å². The molecule has 0 fully saturated rings. The summed E-state index contributed by atoms with van der Waals surface area (Å²) in [5, 5.41) is 0. The molecule has 0 saturated heterocycles. The Morgan fingerprint density at radius 3 is 2.40 bits per heavy atom. The van der Waals surface area contributed by atoms with Gasteiger partial charge in [0, 0.05) is 12.0 Å². The van der Waals surface area contributed by atoms with Gasteiger partial charge in [-0.15, -0.1) is 0 Å². The normalized spacial score (nSPS) is 10.6. The Morgan fingerprint density at radius 2 is 1.70 bits per heavy atom. The van der Waals surface area contributed by atoms with Crippen molar-refractivity contribution in [1.29, 1.82) is 0 Å². The number of benzene rings is 2. The molecule has 2 aromatic carbocycles. The van der Waals surface area contributed by atoms with E-state index in [9.17, 15) is 4.79 Å². The van der Waals surface area contributed by atoms with Crippen molar-refractivity contribution >= 4 is 5.78 Å². The van der Waals surface area contributed by atoms with E-state index in [2.05, 4.69) is 45.0 Å². The van der Waals surface area contributed by atoms with E-state index in [1.165, 1.54) is 22.3 Å². The van der Waals surface area contributed by atoms with Crippen LogP contribution in [0.4, 0.5) is 0 Å². The van der Waals surface area contributed by atoms with Gasteiger partial charge in [-0.3, -0.25) is 4.79 Å². The number of carbonyl (C=O) groups excluding carboxylic acids is 1. The van der Waals surface area contributed by atoms with Crippen LogP contribution in [-0.4, -0.2) is 5.78 Å². The molecule has 2 rings (SSSR count). The molecule has 0 bridgehead atoms. The van der Waals surface area contributed by atoms with E-state index in [1.807, 2.05) is 19.1 Å². The molecule has 20 heavy (non-hydrogen) atoms. The number of ketones is 1. The van der Waals surface area contributed by atoms with Crippen molar-refractivity contribution in [2.75, 3.05) is 0 Å². The molecular weight excluding hydrogens is 244 g/mol. The quantitative estimate of drug-likeness (QED) is 0.731. The predicted molar refractivity (Wildman–Crippen MR) is 84.5 cm³/mol. The summed E-state index contributed by atoms with van der Waals surface area (Å²) in [5.41, 5.74) is 7.02. The number of hydrogen-bond acceptors (Lipinski definition) is 1. The van der Waals surface area contributed by atoms with Crippen molar-refractivity contribution in [3.63, 3.8) is 0 Å². The second-order valence-electron chi connectivity index (χ2n) is 5.60. The van der Waals surface area contributed by atoms with Crippen molar-refractivity contribution in [1.82, 2.24) is 0 Å². The molecule has 1 nitrogen and oxygen atoms in total. The molecule has 0 saturated carbocycles. The number of hydrogen-bond donors (Lipinski definition) is 0. The summed E-state index contributed by atoms with van der Waals surface area (Å²) >= 11 is 0. The van der Waals surface area contributed by atoms with Crippen LogP contribution in [0.15, 0.2) is 36.4 Å². The van der Waals surface area contributed by atoms with E-state index < -0.39 is 0 Å². The fourth-order valence-electron chi connectivity index (χ4n) is 2.59. The zero-order valence-corrected chi connectivity index (χ0v) is 12.8. The van der Waals surface area contributed by atoms with Gasteiger partial charge in [-0.05, 0) is 56.4 Å². The van der Waals surface area contributed by atoms with Gasteiger partial charge in [0.1, 0.15) is 0 Å². The first kappa shape index (κ1) is 14.5. The Morgan fingerprint density at radius 1 is 0.950 bits per heavy atom. The molecule has 0 aliphatic rings. The van der Waals surface area contributed by atoms with Gasteiger partial charge in [-0.25, -0.2) is 0 Å². The summed E-state index contributed by atoms with van der Waals surface area (Å²) in [6, 6.07) is 12.3. The monoisotopic (exact) mass is 266 g/mol. The van der Waals surface area contributed by atoms with Crippen LogP contribution in [0.3, 0.4) is 0 Å². The van der Waals surface area contributed by atoms with Gasteiger partial charge in [0.2, 0.25) is 0 Å². The zero-order valence-electron chi connectivity index (χ0n) is 12.8. The van der Waals surface area contributed by atoms with E-state index in [-0.39, 0.29) is 5.78 Å². The Balaban J connectivity index is 2.11. The highest BCUT2D eigenvalue weighted by molar-refractivity contribution is 5.97. The summed E-state index contributed by atoms with van der Waals surface area (Å²) in [7, 11) is 0. The van der Waals surface area contributed by atoms with Crippen molar-refractivity contribution < 1.29 is 4.79 Å². The molecule has 0 aliphatic carbocycles. The SMILES string of the molecule is Cc1ccc(C(=O)CCc2cccc(C)c2C)c(C)c1. The molecule has 0 atom stereocenters. The van der Waals surface area contributed by atoms with Gasteiger partial charge in [-0.1, -0.05) is 42.0 Å². The van der Waals surface area contributed by atoms with Crippen molar-refractivity contribution in [3.05, 3.63) is 69.8 Å². The standard InChI is InChI=1S/C19H22O/c1-13-8-10-18(15(3)12-13)19(20)11-9-17-7-5-6-14(2)16(17)4/h5-8,10,12H,9,11H2,1-4H3. The van der Waals surface area contributed by atoms with E-state index in [1.54, 1.807) is 0 Å². The molecule has 0 spiro atoms. The maximum absolute atomic E-state index is 12.3. The summed E-state index contributed by atoms with van der Waals surface area (Å²) < 4.78 is 0. The lowest BCUT2D eigenvalue weighted by atomic mass is 9.95. The van der Waals surface area contributed by atoms with Gasteiger partial charge >= 0.3 is 0 Å². The largest absolute Gasteiger partial charge is 0.294 e. The molecule has 1 heteroatoms. The third-order valence-electron chi connectivity index (χ3n) is 4.02. The highest BCUT2D eigenvalue weighted by Gasteiger charge is 2.10. The van der Waals surface area contributed by atoms with Gasteiger partial charge in [0.15, 0.2) is 5.78 Å². The smallest absolute Gasteiger partial charge is 0.163 e. The Kier molecular flexibility index (Phi) is 4.39. The van der Waals surface area contributed by atoms with Crippen LogP contribution < -0.4 is 0 Å². The average Bonchev–Trinajstić information content (AvgIpc) is 2.40. The minimum absolute atomic E-state index is 0.239. The minimum Gasteiger partial charge on any atom is -0.294 e. The van der Waals surface area contributed by atoms with Crippen molar-refractivity contribution in [2.45, 2.75) is 40.5 Å². The zero-order chi connectivity index (χ0) is 14.7. The molecular formula is C19H22O. The maximum atomic E-state index is 12.3. The minimum atomic E-state index is 0.239. The molecule has 104 valence electrons. The number of rotatable bonds is 4. The summed E-state index contributed by atoms with van der Waals surface area (Å²) in [6.45, 7) is 8.31. The van der Waals surface area contributed by atoms with Crippen LogP contribution in [0.2, 0.25) is 0 Å². The molecule has 0 N–H and O–H groups in total. The highest BCUT2D eigenvalue weighted by atomic mass is 16.1. The Bertz CT molecular complexity index is 638. The molecule has 0 aromatic heterocycles. The molecule has 0 aliphatic heterocycles. The third kappa shape index (κ3) is 3.16. The first-order chi connectivity index (χ1) is 9.49. The molecule has 2 aromatic rings. The van der Waals surface area contributed by atoms with Crippen LogP contribution in [0.5, 0.6) is 0 Å². The van der Waals surface area contributed by atoms with Gasteiger partial charge in [0.25, 0.3) is 0 Å². The second kappa shape index (κ2) is 6.04. The molecule has 0 amide bonds. The van der Waals surface area contributed by atoms with Gasteiger partial charge in [0.05, 0.1) is 0 Å². The third-order valence-corrected chi connectivity index (χ3v) is 4.02. The molecule has 0 unspecified atom stereocenters. The van der Waals surface area contributed by atoms with E-state index in [0.717, 1.165) is 17.5 Å². The van der Waals surface area contributed by atoms with Crippen LogP contribution in [-0.2, 0) is 6.42 Å². The van der Waals surface area contributed by atoms with Crippen molar-refractivity contribution in [2.24, 2.45) is 0 Å². The first-order valence-corrected chi connectivity index (χ1v) is 7.14. The predicted octanol–water partition coefficient (Wildman–Crippen LogP) is 4.74. The Hall–Kier alpha value is -1.89. The van der Waals surface area contributed by atoms with Crippen LogP contribution in [0.1, 0.15) is 44.6 Å². The number of carbonyl (C=O) groups is 1. The van der Waals surface area contributed by atoms with Gasteiger partial charge < -0.3 is 0 Å². The number of aryl methyl sites for hydroxylation is 4. The summed E-state index contributed by atoms with van der Waals surface area (Å²) in [5.74, 6) is 0.239. The second-order valence-corrected chi connectivity index (χ2v) is 5.60. The highest BCUT2D eigenvalue weighted by Crippen LogP contribution is 2.17. The van der Waals surface area contributed by atoms with Crippen molar-refractivity contribution in [3.8, 4) is 0 Å². The van der Waals surface area contributed by atoms with Crippen LogP contribution in [0, 0.1) is 27.7 Å². The lowest BCUT2D eigenvalue weighted by molar-refractivity contribution is 0.0982. The van der Waals surface area contributed by atoms with Crippen LogP contribution in [0.25, 0.3) is 0 Å². The number of Topliss-reactive ketones (excluding diaryl/α,β-unsaturated/α-hetero) is 1. The first-order valence-electron chi connectivity index (χ1n) is 7.14. The fraction of sp³-hybridized carbons (Fsp3) is 0.316. The summed E-state index contributed by atoms with van der Waals surface area (Å²) in [6.07, 6.45) is 1.40. The summed E-state index contributed by atoms with van der Waals surface area (Å²) in [4.78, 5) is 12.3. The molecule has 0 heterocycles. The molecule has 0 radical (unpaired) electrons.